The molecule has 0 saturated heterocycles. The van der Waals surface area contributed by atoms with Crippen LogP contribution in [0.25, 0.3) is 10.6 Å². The van der Waals surface area contributed by atoms with E-state index in [0.717, 1.165) is 15.4 Å². The molecule has 1 heterocycles. The zero-order valence-electron chi connectivity index (χ0n) is 12.7. The van der Waals surface area contributed by atoms with Gasteiger partial charge in [0.15, 0.2) is 0 Å². The lowest BCUT2D eigenvalue weighted by molar-refractivity contribution is -0.118. The van der Waals surface area contributed by atoms with Crippen LogP contribution in [0.5, 0.6) is 0 Å². The van der Waals surface area contributed by atoms with Gasteiger partial charge in [-0.3, -0.25) is 9.69 Å². The Morgan fingerprint density at radius 3 is 2.57 bits per heavy atom. The first kappa shape index (κ1) is 15.7. The maximum Gasteiger partial charge on any atom is 0.231 e. The van der Waals surface area contributed by atoms with Crippen LogP contribution >= 0.6 is 11.3 Å². The van der Waals surface area contributed by atoms with Gasteiger partial charge in [0.2, 0.25) is 5.91 Å². The van der Waals surface area contributed by atoms with Gasteiger partial charge in [-0.2, -0.15) is 0 Å². The third kappa shape index (κ3) is 4.37. The molecule has 1 amide bonds. The van der Waals surface area contributed by atoms with Crippen LogP contribution in [0.3, 0.4) is 0 Å². The second kappa shape index (κ2) is 6.83. The second-order valence-electron chi connectivity index (χ2n) is 5.55. The van der Waals surface area contributed by atoms with E-state index in [0.29, 0.717) is 12.5 Å². The summed E-state index contributed by atoms with van der Waals surface area (Å²) in [5.74, 6) is 0.222. The summed E-state index contributed by atoms with van der Waals surface area (Å²) in [5.41, 5.74) is 7.65. The summed E-state index contributed by atoms with van der Waals surface area (Å²) in [6.07, 6.45) is 1.87. The van der Waals surface area contributed by atoms with Gasteiger partial charge in [-0.05, 0) is 18.5 Å². The van der Waals surface area contributed by atoms with Gasteiger partial charge in [0.1, 0.15) is 5.01 Å². The molecule has 0 atom stereocenters. The van der Waals surface area contributed by atoms with Crippen molar-refractivity contribution in [3.05, 3.63) is 40.9 Å². The van der Waals surface area contributed by atoms with Crippen molar-refractivity contribution in [2.24, 2.45) is 5.73 Å². The number of likely N-dealkylation sites (N-methyl/N-ethyl adjacent to an activating group) is 1. The molecule has 0 spiro atoms. The van der Waals surface area contributed by atoms with Crippen molar-refractivity contribution < 1.29 is 4.79 Å². The van der Waals surface area contributed by atoms with Crippen LogP contribution in [0.4, 0.5) is 0 Å². The topological polar surface area (TPSA) is 59.2 Å². The summed E-state index contributed by atoms with van der Waals surface area (Å²) in [6, 6.07) is 8.54. The molecule has 2 N–H and O–H groups in total. The smallest absolute Gasteiger partial charge is 0.231 e. The van der Waals surface area contributed by atoms with Gasteiger partial charge in [0, 0.05) is 23.2 Å². The Morgan fingerprint density at radius 2 is 2.00 bits per heavy atom. The SMILES string of the molecule is CC(C)c1ccc(-c2ncc(CN(C)CC(N)=O)s2)cc1. The number of amides is 1. The van der Waals surface area contributed by atoms with Crippen LogP contribution < -0.4 is 5.73 Å². The summed E-state index contributed by atoms with van der Waals surface area (Å²) in [5, 5.41) is 1.01. The van der Waals surface area contributed by atoms with E-state index >= 15 is 0 Å². The molecule has 1 aromatic heterocycles. The summed E-state index contributed by atoms with van der Waals surface area (Å²) in [7, 11) is 1.88. The molecule has 0 aliphatic heterocycles. The Balaban J connectivity index is 2.07. The fraction of sp³-hybridized carbons (Fsp3) is 0.375. The summed E-state index contributed by atoms with van der Waals surface area (Å²) < 4.78 is 0. The van der Waals surface area contributed by atoms with Crippen LogP contribution in [0.15, 0.2) is 30.5 Å². The van der Waals surface area contributed by atoms with Crippen molar-refractivity contribution in [3.63, 3.8) is 0 Å². The van der Waals surface area contributed by atoms with E-state index in [-0.39, 0.29) is 12.5 Å². The number of nitrogens with zero attached hydrogens (tertiary/aromatic N) is 2. The molecular weight excluding hydrogens is 282 g/mol. The highest BCUT2D eigenvalue weighted by molar-refractivity contribution is 7.15. The molecule has 1 aromatic carbocycles. The van der Waals surface area contributed by atoms with Crippen LogP contribution in [0.1, 0.15) is 30.2 Å². The van der Waals surface area contributed by atoms with Gasteiger partial charge < -0.3 is 5.73 Å². The molecular formula is C16H21N3OS. The third-order valence-electron chi connectivity index (χ3n) is 3.23. The Hall–Kier alpha value is -1.72. The predicted molar refractivity (Wildman–Crippen MR) is 87.2 cm³/mol. The summed E-state index contributed by atoms with van der Waals surface area (Å²) >= 11 is 1.65. The zero-order valence-corrected chi connectivity index (χ0v) is 13.5. The monoisotopic (exact) mass is 303 g/mol. The standard InChI is InChI=1S/C16H21N3OS/c1-11(2)12-4-6-13(7-5-12)16-18-8-14(21-16)9-19(3)10-15(17)20/h4-8,11H,9-10H2,1-3H3,(H2,17,20). The number of rotatable bonds is 6. The van der Waals surface area contributed by atoms with E-state index in [2.05, 4.69) is 43.1 Å². The Bertz CT molecular complexity index is 604. The maximum atomic E-state index is 10.9. The molecule has 0 aliphatic carbocycles. The Kier molecular flexibility index (Phi) is 5.09. The number of nitrogens with two attached hydrogens (primary N) is 1. The highest BCUT2D eigenvalue weighted by Gasteiger charge is 2.09. The van der Waals surface area contributed by atoms with Crippen molar-refractivity contribution in [1.29, 1.82) is 0 Å². The third-order valence-corrected chi connectivity index (χ3v) is 4.26. The van der Waals surface area contributed by atoms with E-state index in [1.54, 1.807) is 11.3 Å². The number of carbonyl (C=O) groups is 1. The minimum atomic E-state index is -0.313. The number of carbonyl (C=O) groups excluding carboxylic acids is 1. The predicted octanol–water partition coefficient (Wildman–Crippen LogP) is 2.85. The van der Waals surface area contributed by atoms with Gasteiger partial charge in [-0.15, -0.1) is 11.3 Å². The molecule has 2 aromatic rings. The molecule has 0 saturated carbocycles. The van der Waals surface area contributed by atoms with Crippen LogP contribution in [0, 0.1) is 0 Å². The second-order valence-corrected chi connectivity index (χ2v) is 6.66. The van der Waals surface area contributed by atoms with Gasteiger partial charge >= 0.3 is 0 Å². The first-order valence-corrected chi connectivity index (χ1v) is 7.79. The van der Waals surface area contributed by atoms with E-state index in [4.69, 9.17) is 5.73 Å². The molecule has 112 valence electrons. The molecule has 2 rings (SSSR count). The Morgan fingerprint density at radius 1 is 1.33 bits per heavy atom. The number of benzene rings is 1. The zero-order chi connectivity index (χ0) is 15.4. The van der Waals surface area contributed by atoms with Crippen molar-refractivity contribution in [2.45, 2.75) is 26.3 Å². The molecule has 21 heavy (non-hydrogen) atoms. The number of aromatic nitrogens is 1. The quantitative estimate of drug-likeness (QED) is 0.892. The van der Waals surface area contributed by atoms with E-state index in [1.165, 1.54) is 5.56 Å². The van der Waals surface area contributed by atoms with Crippen LogP contribution in [-0.2, 0) is 11.3 Å². The van der Waals surface area contributed by atoms with Crippen molar-refractivity contribution in [3.8, 4) is 10.6 Å². The Labute approximate surface area is 129 Å². The molecule has 4 nitrogen and oxygen atoms in total. The average Bonchev–Trinajstić information content (AvgIpc) is 2.86. The van der Waals surface area contributed by atoms with Crippen molar-refractivity contribution >= 4 is 17.2 Å². The van der Waals surface area contributed by atoms with Gasteiger partial charge in [-0.1, -0.05) is 38.1 Å². The normalized spacial score (nSPS) is 11.3. The number of thiazole rings is 1. The molecule has 0 fully saturated rings. The highest BCUT2D eigenvalue weighted by Crippen LogP contribution is 2.27. The fourth-order valence-corrected chi connectivity index (χ4v) is 3.11. The van der Waals surface area contributed by atoms with Gasteiger partial charge in [-0.25, -0.2) is 4.98 Å². The van der Waals surface area contributed by atoms with Crippen LogP contribution in [0.2, 0.25) is 0 Å². The molecule has 5 heteroatoms. The van der Waals surface area contributed by atoms with E-state index in [9.17, 15) is 4.79 Å². The summed E-state index contributed by atoms with van der Waals surface area (Å²) in [6.45, 7) is 5.32. The first-order chi connectivity index (χ1) is 9.95. The number of hydrogen-bond donors (Lipinski definition) is 1. The highest BCUT2D eigenvalue weighted by atomic mass is 32.1. The lowest BCUT2D eigenvalue weighted by Crippen LogP contribution is -2.29. The summed E-state index contributed by atoms with van der Waals surface area (Å²) in [4.78, 5) is 18.4. The van der Waals surface area contributed by atoms with E-state index in [1.807, 2.05) is 18.1 Å². The lowest BCUT2D eigenvalue weighted by Gasteiger charge is -2.12. The fourth-order valence-electron chi connectivity index (χ4n) is 2.11. The largest absolute Gasteiger partial charge is 0.369 e. The molecule has 0 bridgehead atoms. The van der Waals surface area contributed by atoms with E-state index < -0.39 is 0 Å². The minimum absolute atomic E-state index is 0.260. The lowest BCUT2D eigenvalue weighted by atomic mass is 10.0. The molecule has 0 aliphatic rings. The molecule has 0 unspecified atom stereocenters. The van der Waals surface area contributed by atoms with Crippen molar-refractivity contribution in [2.75, 3.05) is 13.6 Å². The van der Waals surface area contributed by atoms with Crippen LogP contribution in [-0.4, -0.2) is 29.4 Å². The van der Waals surface area contributed by atoms with Crippen molar-refractivity contribution in [1.82, 2.24) is 9.88 Å². The number of primary amides is 1. The van der Waals surface area contributed by atoms with Gasteiger partial charge in [0.05, 0.1) is 6.54 Å². The van der Waals surface area contributed by atoms with Gasteiger partial charge in [0.25, 0.3) is 0 Å². The maximum absolute atomic E-state index is 10.9. The molecule has 0 radical (unpaired) electrons. The first-order valence-electron chi connectivity index (χ1n) is 6.97. The average molecular weight is 303 g/mol. The minimum Gasteiger partial charge on any atom is -0.369 e. The number of hydrogen-bond acceptors (Lipinski definition) is 4.